The van der Waals surface area contributed by atoms with Gasteiger partial charge in [-0.2, -0.15) is 0 Å². The number of pyridine rings is 2. The molecule has 0 atom stereocenters. The van der Waals surface area contributed by atoms with E-state index >= 15 is 0 Å². The zero-order valence-electron chi connectivity index (χ0n) is 25.1. The first-order valence-electron chi connectivity index (χ1n) is 14.5. The highest BCUT2D eigenvalue weighted by Crippen LogP contribution is 2.24. The van der Waals surface area contributed by atoms with E-state index in [1.54, 1.807) is 30.9 Å². The van der Waals surface area contributed by atoms with Crippen LogP contribution in [-0.4, -0.2) is 21.5 Å². The van der Waals surface area contributed by atoms with Gasteiger partial charge in [0.25, 0.3) is 0 Å². The highest BCUT2D eigenvalue weighted by Gasteiger charge is 2.09. The van der Waals surface area contributed by atoms with Crippen LogP contribution >= 0.6 is 0 Å². The molecule has 0 fully saturated rings. The van der Waals surface area contributed by atoms with Gasteiger partial charge in [0.05, 0.1) is 5.70 Å². The molecule has 0 aliphatic carbocycles. The van der Waals surface area contributed by atoms with Crippen molar-refractivity contribution < 1.29 is 0 Å². The number of benzene rings is 3. The number of hydrogen-bond donors (Lipinski definition) is 0. The molecule has 3 aromatic carbocycles. The van der Waals surface area contributed by atoms with Crippen LogP contribution in [0.2, 0.25) is 0 Å². The summed E-state index contributed by atoms with van der Waals surface area (Å²) < 4.78 is 0. The van der Waals surface area contributed by atoms with Gasteiger partial charge in [-0.05, 0) is 82.6 Å². The molecule has 0 N–H and O–H groups in total. The second kappa shape index (κ2) is 14.4. The molecule has 4 nitrogen and oxygen atoms in total. The zero-order valence-corrected chi connectivity index (χ0v) is 25.1. The first kappa shape index (κ1) is 29.7. The van der Waals surface area contributed by atoms with Crippen molar-refractivity contribution in [3.05, 3.63) is 182 Å². The highest BCUT2D eigenvalue weighted by molar-refractivity contribution is 6.12. The van der Waals surface area contributed by atoms with E-state index in [0.29, 0.717) is 11.5 Å². The summed E-state index contributed by atoms with van der Waals surface area (Å²) in [6, 6.07) is 32.9. The summed E-state index contributed by atoms with van der Waals surface area (Å²) in [6.07, 6.45) is 15.1. The largest absolute Gasteiger partial charge is 0.265 e. The van der Waals surface area contributed by atoms with Crippen LogP contribution in [-0.2, 0) is 0 Å². The maximum atomic E-state index is 5.04. The van der Waals surface area contributed by atoms with Crippen molar-refractivity contribution in [1.29, 1.82) is 0 Å². The third-order valence-electron chi connectivity index (χ3n) is 7.18. The Hall–Kier alpha value is -5.74. The monoisotopic (exact) mass is 570 g/mol. The molecule has 0 saturated heterocycles. The van der Waals surface area contributed by atoms with Crippen molar-refractivity contribution in [2.75, 3.05) is 0 Å². The Balaban J connectivity index is 1.49. The molecular formula is C40H34N4. The van der Waals surface area contributed by atoms with E-state index in [0.717, 1.165) is 55.8 Å². The van der Waals surface area contributed by atoms with Crippen LogP contribution < -0.4 is 0 Å². The molecule has 44 heavy (non-hydrogen) atoms. The average Bonchev–Trinajstić information content (AvgIpc) is 3.09. The number of amidine groups is 1. The van der Waals surface area contributed by atoms with Crippen LogP contribution in [0.4, 0.5) is 0 Å². The van der Waals surface area contributed by atoms with Crippen LogP contribution in [0.25, 0.3) is 33.5 Å². The minimum Gasteiger partial charge on any atom is -0.265 e. The Labute approximate surface area is 260 Å². The fourth-order valence-electron chi connectivity index (χ4n) is 4.78. The van der Waals surface area contributed by atoms with Crippen molar-refractivity contribution in [3.63, 3.8) is 0 Å². The molecule has 0 aliphatic heterocycles. The van der Waals surface area contributed by atoms with Crippen molar-refractivity contribution in [3.8, 4) is 22.3 Å². The van der Waals surface area contributed by atoms with Crippen molar-refractivity contribution in [1.82, 2.24) is 9.97 Å². The maximum absolute atomic E-state index is 5.04. The summed E-state index contributed by atoms with van der Waals surface area (Å²) in [6.45, 7) is 12.2. The normalized spacial score (nSPS) is 12.4. The molecule has 5 aromatic rings. The van der Waals surface area contributed by atoms with Gasteiger partial charge in [0.15, 0.2) is 5.84 Å². The van der Waals surface area contributed by atoms with Gasteiger partial charge in [-0.3, -0.25) is 9.97 Å². The Morgan fingerprint density at radius 1 is 0.591 bits per heavy atom. The SMILES string of the molecule is C=C/C=C(\C=C/C)c1ccc(C(C)=NC(=NC(=C)c2ccc(-c3ccncc3)cc2)c2ccc(-c3ccncc3)cc2)cc1. The number of aliphatic imine (C=N–C) groups is 2. The van der Waals surface area contributed by atoms with Crippen LogP contribution in [0.15, 0.2) is 169 Å². The molecule has 2 aromatic heterocycles. The molecule has 0 unspecified atom stereocenters. The molecule has 0 spiro atoms. The van der Waals surface area contributed by atoms with Crippen molar-refractivity contribution in [2.24, 2.45) is 9.98 Å². The van der Waals surface area contributed by atoms with E-state index < -0.39 is 0 Å². The van der Waals surface area contributed by atoms with E-state index in [-0.39, 0.29) is 0 Å². The first-order valence-corrected chi connectivity index (χ1v) is 14.5. The lowest BCUT2D eigenvalue weighted by atomic mass is 10.0. The number of rotatable bonds is 9. The van der Waals surface area contributed by atoms with Gasteiger partial charge in [0.2, 0.25) is 0 Å². The zero-order chi connectivity index (χ0) is 30.7. The summed E-state index contributed by atoms with van der Waals surface area (Å²) in [4.78, 5) is 18.3. The van der Waals surface area contributed by atoms with Gasteiger partial charge < -0.3 is 0 Å². The molecule has 0 radical (unpaired) electrons. The molecule has 0 aliphatic rings. The molecule has 4 heteroatoms. The average molecular weight is 571 g/mol. The number of aromatic nitrogens is 2. The molecule has 0 saturated carbocycles. The first-order chi connectivity index (χ1) is 21.6. The molecule has 5 rings (SSSR count). The fraction of sp³-hybridized carbons (Fsp3) is 0.0500. The molecular weight excluding hydrogens is 536 g/mol. The minimum atomic E-state index is 0.595. The van der Waals surface area contributed by atoms with Crippen LogP contribution in [0.1, 0.15) is 36.1 Å². The van der Waals surface area contributed by atoms with Crippen LogP contribution in [0.3, 0.4) is 0 Å². The van der Waals surface area contributed by atoms with Gasteiger partial charge in [-0.15, -0.1) is 0 Å². The Morgan fingerprint density at radius 2 is 1.05 bits per heavy atom. The summed E-state index contributed by atoms with van der Waals surface area (Å²) in [5.74, 6) is 0.595. The third kappa shape index (κ3) is 7.36. The summed E-state index contributed by atoms with van der Waals surface area (Å²) in [7, 11) is 0. The fourth-order valence-corrected chi connectivity index (χ4v) is 4.78. The van der Waals surface area contributed by atoms with Gasteiger partial charge >= 0.3 is 0 Å². The Morgan fingerprint density at radius 3 is 1.55 bits per heavy atom. The highest BCUT2D eigenvalue weighted by atomic mass is 14.9. The third-order valence-corrected chi connectivity index (χ3v) is 7.18. The summed E-state index contributed by atoms with van der Waals surface area (Å²) >= 11 is 0. The van der Waals surface area contributed by atoms with Gasteiger partial charge in [-0.1, -0.05) is 110 Å². The van der Waals surface area contributed by atoms with Crippen molar-refractivity contribution in [2.45, 2.75) is 13.8 Å². The van der Waals surface area contributed by atoms with E-state index in [1.165, 1.54) is 0 Å². The second-order valence-corrected chi connectivity index (χ2v) is 10.1. The number of allylic oxidation sites excluding steroid dienone is 5. The van der Waals surface area contributed by atoms with Crippen LogP contribution in [0, 0.1) is 0 Å². The van der Waals surface area contributed by atoms with Gasteiger partial charge in [-0.25, -0.2) is 9.98 Å². The molecule has 214 valence electrons. The lowest BCUT2D eigenvalue weighted by Gasteiger charge is -2.10. The number of nitrogens with zero attached hydrogens (tertiary/aromatic N) is 4. The van der Waals surface area contributed by atoms with Gasteiger partial charge in [0, 0.05) is 36.1 Å². The topological polar surface area (TPSA) is 50.5 Å². The lowest BCUT2D eigenvalue weighted by molar-refractivity contribution is 1.33. The summed E-state index contributed by atoms with van der Waals surface area (Å²) in [5.41, 5.74) is 11.0. The lowest BCUT2D eigenvalue weighted by Crippen LogP contribution is -2.04. The molecule has 2 heterocycles. The van der Waals surface area contributed by atoms with E-state index in [4.69, 9.17) is 9.98 Å². The van der Waals surface area contributed by atoms with E-state index in [9.17, 15) is 0 Å². The standard InChI is InChI=1S/C40H34N4/c1-5-7-33(8-6-2)34-13-9-31(10-14-34)29(3)43-40(39-19-17-36(18-20-39)38-23-27-42-28-24-38)44-30(4)32-11-15-35(16-12-32)37-21-25-41-26-22-37/h5-28H,1,4H2,2-3H3/b8-6-,33-7+,43-29?,44-40?. The van der Waals surface area contributed by atoms with Gasteiger partial charge in [0.1, 0.15) is 0 Å². The molecule has 0 bridgehead atoms. The second-order valence-electron chi connectivity index (χ2n) is 10.1. The van der Waals surface area contributed by atoms with E-state index in [1.807, 2.05) is 62.4 Å². The van der Waals surface area contributed by atoms with E-state index in [2.05, 4.69) is 89.9 Å². The maximum Gasteiger partial charge on any atom is 0.160 e. The Kier molecular flexibility index (Phi) is 9.76. The molecule has 0 amide bonds. The predicted molar refractivity (Wildman–Crippen MR) is 187 cm³/mol. The summed E-state index contributed by atoms with van der Waals surface area (Å²) in [5, 5.41) is 0. The predicted octanol–water partition coefficient (Wildman–Crippen LogP) is 9.88. The Bertz CT molecular complexity index is 1840. The smallest absolute Gasteiger partial charge is 0.160 e. The number of hydrogen-bond acceptors (Lipinski definition) is 3. The van der Waals surface area contributed by atoms with Crippen LogP contribution in [0.5, 0.6) is 0 Å². The minimum absolute atomic E-state index is 0.595. The quantitative estimate of drug-likeness (QED) is 0.101. The van der Waals surface area contributed by atoms with Crippen molar-refractivity contribution >= 4 is 22.8 Å².